The van der Waals surface area contributed by atoms with E-state index in [1.54, 1.807) is 41.0 Å². The largest absolute Gasteiger partial charge is 0.460 e. The normalized spacial score (nSPS) is 14.4. The molecule has 0 saturated carbocycles. The van der Waals surface area contributed by atoms with Crippen molar-refractivity contribution in [3.8, 4) is 0 Å². The minimum absolute atomic E-state index is 0.0281. The molecular formula is C17H15N3O4S2. The molecule has 0 saturated heterocycles. The van der Waals surface area contributed by atoms with Crippen molar-refractivity contribution in [2.24, 2.45) is 4.99 Å². The first-order valence-corrected chi connectivity index (χ1v) is 10.2. The van der Waals surface area contributed by atoms with E-state index in [4.69, 9.17) is 4.42 Å². The van der Waals surface area contributed by atoms with Crippen LogP contribution in [0.4, 0.5) is 0 Å². The molecule has 9 heteroatoms. The summed E-state index contributed by atoms with van der Waals surface area (Å²) in [4.78, 5) is 17.4. The summed E-state index contributed by atoms with van der Waals surface area (Å²) >= 11 is 1.32. The molecule has 0 unspecified atom stereocenters. The van der Waals surface area contributed by atoms with Crippen LogP contribution in [0.15, 0.2) is 61.6 Å². The lowest BCUT2D eigenvalue weighted by molar-refractivity contribution is 0.491. The van der Waals surface area contributed by atoms with Crippen molar-refractivity contribution >= 4 is 27.4 Å². The number of fused-ring (bicyclic) bond motifs is 1. The number of nitrogens with one attached hydrogen (secondary N) is 1. The first-order valence-electron chi connectivity index (χ1n) is 7.92. The summed E-state index contributed by atoms with van der Waals surface area (Å²) in [6.07, 6.45) is 1.66. The second-order valence-corrected chi connectivity index (χ2v) is 8.45. The number of benzene rings is 1. The molecule has 4 rings (SSSR count). The van der Waals surface area contributed by atoms with Gasteiger partial charge in [0.2, 0.25) is 10.0 Å². The van der Waals surface area contributed by atoms with Gasteiger partial charge in [-0.1, -0.05) is 29.5 Å². The summed E-state index contributed by atoms with van der Waals surface area (Å²) in [6.45, 7) is 1.29. The number of aromatic nitrogens is 1. The molecule has 3 aromatic rings. The molecular weight excluding hydrogens is 374 g/mol. The van der Waals surface area contributed by atoms with Crippen LogP contribution in [0, 0.1) is 0 Å². The highest BCUT2D eigenvalue weighted by Gasteiger charge is 2.14. The van der Waals surface area contributed by atoms with Gasteiger partial charge in [-0.25, -0.2) is 13.1 Å². The van der Waals surface area contributed by atoms with E-state index < -0.39 is 10.0 Å². The zero-order valence-corrected chi connectivity index (χ0v) is 15.2. The first-order chi connectivity index (χ1) is 12.5. The number of rotatable bonds is 5. The Morgan fingerprint density at radius 2 is 2.04 bits per heavy atom. The fourth-order valence-electron chi connectivity index (χ4n) is 2.61. The molecule has 1 aliphatic rings. The van der Waals surface area contributed by atoms with Crippen LogP contribution in [0.3, 0.4) is 0 Å². The predicted molar refractivity (Wildman–Crippen MR) is 97.0 cm³/mol. The van der Waals surface area contributed by atoms with Gasteiger partial charge >= 0.3 is 0 Å². The minimum atomic E-state index is -3.60. The lowest BCUT2D eigenvalue weighted by atomic mass is 10.4. The zero-order valence-electron chi connectivity index (χ0n) is 13.6. The molecule has 0 aliphatic carbocycles. The fraction of sp³-hybridized carbons (Fsp3) is 0.176. The van der Waals surface area contributed by atoms with E-state index in [0.717, 1.165) is 4.80 Å². The Labute approximate surface area is 153 Å². The highest BCUT2D eigenvalue weighted by atomic mass is 32.2. The van der Waals surface area contributed by atoms with Crippen molar-refractivity contribution in [3.05, 3.63) is 73.7 Å². The van der Waals surface area contributed by atoms with Crippen LogP contribution in [0.1, 0.15) is 11.5 Å². The lowest BCUT2D eigenvalue weighted by Gasteiger charge is -2.04. The summed E-state index contributed by atoms with van der Waals surface area (Å²) < 4.78 is 34.7. The molecule has 0 fully saturated rings. The summed E-state index contributed by atoms with van der Waals surface area (Å²) in [7, 11) is -3.60. The molecule has 26 heavy (non-hydrogen) atoms. The number of furan rings is 1. The van der Waals surface area contributed by atoms with Crippen molar-refractivity contribution in [2.45, 2.75) is 18.0 Å². The number of sulfonamides is 1. The molecule has 0 bridgehead atoms. The summed E-state index contributed by atoms with van der Waals surface area (Å²) in [6, 6.07) is 11.5. The van der Waals surface area contributed by atoms with Crippen molar-refractivity contribution < 1.29 is 12.8 Å². The molecule has 2 aromatic heterocycles. The second-order valence-electron chi connectivity index (χ2n) is 5.67. The van der Waals surface area contributed by atoms with Gasteiger partial charge < -0.3 is 4.42 Å². The van der Waals surface area contributed by atoms with E-state index in [9.17, 15) is 13.2 Å². The Bertz CT molecular complexity index is 1220. The summed E-state index contributed by atoms with van der Waals surface area (Å²) in [5.41, 5.74) is -0.0750. The van der Waals surface area contributed by atoms with Gasteiger partial charge in [0.25, 0.3) is 5.56 Å². The Balaban J connectivity index is 1.53. The summed E-state index contributed by atoms with van der Waals surface area (Å²) in [5, 5.41) is 0. The Hall–Kier alpha value is -2.49. The van der Waals surface area contributed by atoms with Crippen LogP contribution in [-0.2, 0) is 23.1 Å². The van der Waals surface area contributed by atoms with Crippen molar-refractivity contribution in [1.82, 2.24) is 9.29 Å². The van der Waals surface area contributed by atoms with Gasteiger partial charge in [-0.05, 0) is 24.3 Å². The van der Waals surface area contributed by atoms with Crippen molar-refractivity contribution in [2.75, 3.05) is 6.54 Å². The molecule has 1 aliphatic heterocycles. The van der Waals surface area contributed by atoms with E-state index in [1.165, 1.54) is 23.5 Å². The van der Waals surface area contributed by atoms with E-state index in [1.807, 2.05) is 0 Å². The number of thiazole rings is 1. The first kappa shape index (κ1) is 17.0. The molecule has 1 N–H and O–H groups in total. The highest BCUT2D eigenvalue weighted by molar-refractivity contribution is 7.89. The van der Waals surface area contributed by atoms with Crippen LogP contribution in [0.2, 0.25) is 0 Å². The van der Waals surface area contributed by atoms with Crippen LogP contribution >= 0.6 is 11.3 Å². The third-order valence-electron chi connectivity index (χ3n) is 3.90. The van der Waals surface area contributed by atoms with E-state index in [-0.39, 0.29) is 17.0 Å². The third-order valence-corrected chi connectivity index (χ3v) is 6.37. The molecule has 3 heterocycles. The maximum Gasteiger partial charge on any atom is 0.270 e. The molecule has 1 aromatic carbocycles. The third kappa shape index (κ3) is 3.28. The van der Waals surface area contributed by atoms with E-state index in [2.05, 4.69) is 9.71 Å². The molecule has 0 spiro atoms. The van der Waals surface area contributed by atoms with Gasteiger partial charge in [-0.3, -0.25) is 14.4 Å². The smallest absolute Gasteiger partial charge is 0.270 e. The van der Waals surface area contributed by atoms with Gasteiger partial charge in [0, 0.05) is 12.6 Å². The van der Waals surface area contributed by atoms with Crippen molar-refractivity contribution in [3.63, 3.8) is 0 Å². The number of hydrogen-bond acceptors (Lipinski definition) is 6. The van der Waals surface area contributed by atoms with Gasteiger partial charge in [-0.2, -0.15) is 0 Å². The quantitative estimate of drug-likeness (QED) is 0.685. The van der Waals surface area contributed by atoms with Gasteiger partial charge in [0.15, 0.2) is 4.80 Å². The van der Waals surface area contributed by atoms with Gasteiger partial charge in [0.05, 0.1) is 22.5 Å². The standard InChI is InChI=1S/C17H15N3O4S2/c21-16-15(25-17-18-8-9-20(16)17)10-12-6-7-13(24-12)11-19-26(22,23)14-4-2-1-3-5-14/h1-7,10,19H,8-9,11H2/b15-10+. The molecule has 0 atom stereocenters. The van der Waals surface area contributed by atoms with Gasteiger partial charge in [-0.15, -0.1) is 0 Å². The molecule has 134 valence electrons. The predicted octanol–water partition coefficient (Wildman–Crippen LogP) is 0.443. The van der Waals surface area contributed by atoms with E-state index in [0.29, 0.717) is 29.1 Å². The van der Waals surface area contributed by atoms with Gasteiger partial charge in [0.1, 0.15) is 11.5 Å². The minimum Gasteiger partial charge on any atom is -0.460 e. The maximum absolute atomic E-state index is 12.2. The average Bonchev–Trinajstić information content (AvgIpc) is 3.34. The highest BCUT2D eigenvalue weighted by Crippen LogP contribution is 2.11. The van der Waals surface area contributed by atoms with Crippen LogP contribution in [0.5, 0.6) is 0 Å². The average molecular weight is 389 g/mol. The molecule has 0 amide bonds. The fourth-order valence-corrected chi connectivity index (χ4v) is 4.64. The Morgan fingerprint density at radius 1 is 1.23 bits per heavy atom. The Kier molecular flexibility index (Phi) is 4.35. The zero-order chi connectivity index (χ0) is 18.1. The SMILES string of the molecule is O=c1/c(=C\c2ccc(CNS(=O)(=O)c3ccccc3)o2)sc2n1CCN=2. The van der Waals surface area contributed by atoms with E-state index >= 15 is 0 Å². The topological polar surface area (TPSA) is 93.7 Å². The summed E-state index contributed by atoms with van der Waals surface area (Å²) in [5.74, 6) is 0.959. The van der Waals surface area contributed by atoms with Crippen LogP contribution in [-0.4, -0.2) is 19.5 Å². The lowest BCUT2D eigenvalue weighted by Crippen LogP contribution is -2.29. The Morgan fingerprint density at radius 3 is 2.81 bits per heavy atom. The second kappa shape index (κ2) is 6.67. The number of nitrogens with zero attached hydrogens (tertiary/aromatic N) is 2. The molecule has 7 nitrogen and oxygen atoms in total. The molecule has 0 radical (unpaired) electrons. The van der Waals surface area contributed by atoms with Crippen molar-refractivity contribution in [1.29, 1.82) is 0 Å². The van der Waals surface area contributed by atoms with Crippen LogP contribution < -0.4 is 19.6 Å². The maximum atomic E-state index is 12.2. The number of hydrogen-bond donors (Lipinski definition) is 1. The van der Waals surface area contributed by atoms with Crippen LogP contribution in [0.25, 0.3) is 6.08 Å². The monoisotopic (exact) mass is 389 g/mol.